The molecule has 2 atom stereocenters. The van der Waals surface area contributed by atoms with Crippen molar-refractivity contribution in [3.8, 4) is 0 Å². The highest BCUT2D eigenvalue weighted by Crippen LogP contribution is 2.26. The van der Waals surface area contributed by atoms with Gasteiger partial charge in [0, 0.05) is 19.0 Å². The summed E-state index contributed by atoms with van der Waals surface area (Å²) in [6, 6.07) is 6.66. The number of hydrogen-bond acceptors (Lipinski definition) is 4. The molecule has 0 spiro atoms. The summed E-state index contributed by atoms with van der Waals surface area (Å²) >= 11 is 0. The van der Waals surface area contributed by atoms with Crippen molar-refractivity contribution in [2.75, 3.05) is 19.7 Å². The molecule has 0 unspecified atom stereocenters. The first kappa shape index (κ1) is 14.3. The first-order valence-electron chi connectivity index (χ1n) is 6.97. The van der Waals surface area contributed by atoms with Crippen LogP contribution in [0.5, 0.6) is 0 Å². The van der Waals surface area contributed by atoms with Crippen LogP contribution in [0.1, 0.15) is 12.0 Å². The number of nitrogens with zero attached hydrogens (tertiary/aromatic N) is 1. The topological polar surface area (TPSA) is 75.7 Å². The molecule has 1 amide bonds. The summed E-state index contributed by atoms with van der Waals surface area (Å²) in [6.45, 7) is 3.04. The maximum Gasteiger partial charge on any atom is 0.407 e. The Bertz CT molecular complexity index is 641. The molecule has 0 saturated carbocycles. The lowest BCUT2D eigenvalue weighted by Gasteiger charge is -2.40. The molecule has 1 aromatic carbocycles. The molecule has 0 radical (unpaired) electrons. The number of fused-ring (bicyclic) bond motifs is 1. The van der Waals surface area contributed by atoms with Gasteiger partial charge in [0.25, 0.3) is 0 Å². The third-order valence-electron chi connectivity index (χ3n) is 4.11. The standard InChI is InChI=1S/C14H18N2O4S/c1-10-2-4-12(5-3-10)21(18,19)16-7-6-11-9-20-14(17)15-13(11)8-16/h2-5,11,13H,6-9H2,1H3,(H,15,17)/t11-,13+/m0/s1. The minimum Gasteiger partial charge on any atom is -0.449 e. The van der Waals surface area contributed by atoms with E-state index in [0.29, 0.717) is 31.0 Å². The number of rotatable bonds is 2. The third-order valence-corrected chi connectivity index (χ3v) is 5.99. The fourth-order valence-electron chi connectivity index (χ4n) is 2.79. The van der Waals surface area contributed by atoms with Crippen molar-refractivity contribution < 1.29 is 17.9 Å². The molecular formula is C14H18N2O4S. The van der Waals surface area contributed by atoms with Gasteiger partial charge in [0.2, 0.25) is 10.0 Å². The number of alkyl carbamates (subject to hydrolysis) is 1. The Labute approximate surface area is 124 Å². The normalized spacial score (nSPS) is 26.6. The first-order chi connectivity index (χ1) is 9.96. The second kappa shape index (κ2) is 5.31. The first-order valence-corrected chi connectivity index (χ1v) is 8.41. The van der Waals surface area contributed by atoms with Crippen LogP contribution in [-0.4, -0.2) is 44.6 Å². The molecule has 1 N–H and O–H groups in total. The lowest BCUT2D eigenvalue weighted by molar-refractivity contribution is 0.0564. The van der Waals surface area contributed by atoms with E-state index in [9.17, 15) is 13.2 Å². The number of nitrogens with one attached hydrogen (secondary N) is 1. The number of amides is 1. The maximum atomic E-state index is 12.6. The smallest absolute Gasteiger partial charge is 0.407 e. The van der Waals surface area contributed by atoms with Gasteiger partial charge in [-0.1, -0.05) is 17.7 Å². The van der Waals surface area contributed by atoms with E-state index in [1.807, 2.05) is 6.92 Å². The van der Waals surface area contributed by atoms with Gasteiger partial charge in [-0.2, -0.15) is 4.31 Å². The molecule has 6 nitrogen and oxygen atoms in total. The number of cyclic esters (lactones) is 1. The molecule has 7 heteroatoms. The van der Waals surface area contributed by atoms with Crippen LogP contribution < -0.4 is 5.32 Å². The van der Waals surface area contributed by atoms with Crippen LogP contribution in [-0.2, 0) is 14.8 Å². The van der Waals surface area contributed by atoms with Crippen molar-refractivity contribution in [3.05, 3.63) is 29.8 Å². The number of benzene rings is 1. The average Bonchev–Trinajstić information content (AvgIpc) is 2.47. The van der Waals surface area contributed by atoms with E-state index < -0.39 is 16.1 Å². The fourth-order valence-corrected chi connectivity index (χ4v) is 4.27. The zero-order valence-electron chi connectivity index (χ0n) is 11.8. The molecule has 21 heavy (non-hydrogen) atoms. The third kappa shape index (κ3) is 2.75. The van der Waals surface area contributed by atoms with E-state index in [4.69, 9.17) is 4.74 Å². The molecular weight excluding hydrogens is 292 g/mol. The number of sulfonamides is 1. The van der Waals surface area contributed by atoms with Crippen LogP contribution >= 0.6 is 0 Å². The Morgan fingerprint density at radius 2 is 2.00 bits per heavy atom. The van der Waals surface area contributed by atoms with Crippen molar-refractivity contribution >= 4 is 16.1 Å². The number of carbonyl (C=O) groups excluding carboxylic acids is 1. The van der Waals surface area contributed by atoms with Gasteiger partial charge in [-0.25, -0.2) is 13.2 Å². The van der Waals surface area contributed by atoms with E-state index in [2.05, 4.69) is 5.32 Å². The number of hydrogen-bond donors (Lipinski definition) is 1. The van der Waals surface area contributed by atoms with Crippen LogP contribution in [0.4, 0.5) is 4.79 Å². The molecule has 2 heterocycles. The van der Waals surface area contributed by atoms with E-state index in [-0.39, 0.29) is 12.0 Å². The Morgan fingerprint density at radius 1 is 1.29 bits per heavy atom. The zero-order valence-corrected chi connectivity index (χ0v) is 12.6. The summed E-state index contributed by atoms with van der Waals surface area (Å²) < 4.78 is 31.7. The quantitative estimate of drug-likeness (QED) is 0.888. The van der Waals surface area contributed by atoms with Gasteiger partial charge < -0.3 is 10.1 Å². The Balaban J connectivity index is 1.80. The fraction of sp³-hybridized carbons (Fsp3) is 0.500. The van der Waals surface area contributed by atoms with Crippen LogP contribution in [0, 0.1) is 12.8 Å². The second-order valence-corrected chi connectivity index (χ2v) is 7.51. The van der Waals surface area contributed by atoms with Crippen molar-refractivity contribution in [1.82, 2.24) is 9.62 Å². The lowest BCUT2D eigenvalue weighted by Crippen LogP contribution is -2.58. The summed E-state index contributed by atoms with van der Waals surface area (Å²) in [5.41, 5.74) is 1.02. The minimum atomic E-state index is -3.51. The van der Waals surface area contributed by atoms with Crippen LogP contribution in [0.3, 0.4) is 0 Å². The summed E-state index contributed by atoms with van der Waals surface area (Å²) in [5, 5.41) is 2.71. The molecule has 1 aromatic rings. The minimum absolute atomic E-state index is 0.166. The molecule has 0 aromatic heterocycles. The number of carbonyl (C=O) groups is 1. The van der Waals surface area contributed by atoms with Gasteiger partial charge in [0.1, 0.15) is 0 Å². The zero-order chi connectivity index (χ0) is 15.0. The van der Waals surface area contributed by atoms with Crippen LogP contribution in [0.15, 0.2) is 29.2 Å². The molecule has 114 valence electrons. The molecule has 2 fully saturated rings. The highest BCUT2D eigenvalue weighted by molar-refractivity contribution is 7.89. The van der Waals surface area contributed by atoms with Gasteiger partial charge in [-0.3, -0.25) is 0 Å². The largest absolute Gasteiger partial charge is 0.449 e. The Hall–Kier alpha value is -1.60. The summed E-state index contributed by atoms with van der Waals surface area (Å²) in [5.74, 6) is 0.187. The van der Waals surface area contributed by atoms with Gasteiger partial charge in [-0.05, 0) is 25.5 Å². The van der Waals surface area contributed by atoms with E-state index in [1.165, 1.54) is 4.31 Å². The SMILES string of the molecule is Cc1ccc(S(=O)(=O)N2CC[C@H]3COC(=O)N[C@@H]3C2)cc1. The van der Waals surface area contributed by atoms with Gasteiger partial charge in [0.15, 0.2) is 0 Å². The van der Waals surface area contributed by atoms with Gasteiger partial charge in [-0.15, -0.1) is 0 Å². The summed E-state index contributed by atoms with van der Waals surface area (Å²) in [6.07, 6.45) is 0.224. The van der Waals surface area contributed by atoms with Crippen molar-refractivity contribution in [2.24, 2.45) is 5.92 Å². The maximum absolute atomic E-state index is 12.6. The van der Waals surface area contributed by atoms with E-state index >= 15 is 0 Å². The van der Waals surface area contributed by atoms with Crippen molar-refractivity contribution in [2.45, 2.75) is 24.3 Å². The average molecular weight is 310 g/mol. The highest BCUT2D eigenvalue weighted by atomic mass is 32.2. The Morgan fingerprint density at radius 3 is 2.71 bits per heavy atom. The van der Waals surface area contributed by atoms with Crippen molar-refractivity contribution in [3.63, 3.8) is 0 Å². The number of ether oxygens (including phenoxy) is 1. The molecule has 2 aliphatic heterocycles. The predicted molar refractivity (Wildman–Crippen MR) is 76.3 cm³/mol. The molecule has 3 rings (SSSR count). The van der Waals surface area contributed by atoms with E-state index in [0.717, 1.165) is 5.56 Å². The Kier molecular flexibility index (Phi) is 3.62. The highest BCUT2D eigenvalue weighted by Gasteiger charge is 2.39. The predicted octanol–water partition coefficient (Wildman–Crippen LogP) is 1.11. The number of aryl methyl sites for hydroxylation is 1. The van der Waals surface area contributed by atoms with Crippen LogP contribution in [0.2, 0.25) is 0 Å². The summed E-state index contributed by atoms with van der Waals surface area (Å²) in [7, 11) is -3.51. The molecule has 2 saturated heterocycles. The lowest BCUT2D eigenvalue weighted by atomic mass is 9.93. The monoisotopic (exact) mass is 310 g/mol. The van der Waals surface area contributed by atoms with Crippen molar-refractivity contribution in [1.29, 1.82) is 0 Å². The number of piperidine rings is 1. The van der Waals surface area contributed by atoms with Gasteiger partial charge in [0.05, 0.1) is 17.5 Å². The molecule has 2 aliphatic rings. The summed E-state index contributed by atoms with van der Waals surface area (Å²) in [4.78, 5) is 11.6. The molecule has 0 bridgehead atoms. The van der Waals surface area contributed by atoms with E-state index in [1.54, 1.807) is 24.3 Å². The van der Waals surface area contributed by atoms with Gasteiger partial charge >= 0.3 is 6.09 Å². The second-order valence-electron chi connectivity index (χ2n) is 5.57. The van der Waals surface area contributed by atoms with Crippen LogP contribution in [0.25, 0.3) is 0 Å². The molecule has 0 aliphatic carbocycles.